The Bertz CT molecular complexity index is 220. The summed E-state index contributed by atoms with van der Waals surface area (Å²) in [7, 11) is 0. The molecule has 2 nitrogen and oxygen atoms in total. The van der Waals surface area contributed by atoms with Crippen molar-refractivity contribution in [3.63, 3.8) is 0 Å². The number of likely N-dealkylation sites (tertiary alicyclic amines) is 1. The summed E-state index contributed by atoms with van der Waals surface area (Å²) < 4.78 is 0. The minimum atomic E-state index is 0.111. The van der Waals surface area contributed by atoms with Crippen LogP contribution in [-0.2, 0) is 4.79 Å². The average Bonchev–Trinajstić information content (AvgIpc) is 2.50. The Labute approximate surface area is 80.6 Å². The molecule has 0 aromatic heterocycles. The first-order chi connectivity index (χ1) is 6.04. The normalized spacial score (nSPS) is 22.5. The molecule has 1 heterocycles. The molecule has 1 aliphatic rings. The van der Waals surface area contributed by atoms with Gasteiger partial charge in [0, 0.05) is 12.5 Å². The van der Waals surface area contributed by atoms with Gasteiger partial charge in [-0.3, -0.25) is 4.79 Å². The summed E-state index contributed by atoms with van der Waals surface area (Å²) in [5.41, 5.74) is 1.12. The van der Waals surface area contributed by atoms with Crippen molar-refractivity contribution < 1.29 is 4.79 Å². The number of carbonyl (C=O) groups is 1. The fourth-order valence-corrected chi connectivity index (χ4v) is 1.87. The van der Waals surface area contributed by atoms with Crippen molar-refractivity contribution in [2.45, 2.75) is 39.7 Å². The molecule has 13 heavy (non-hydrogen) atoms. The van der Waals surface area contributed by atoms with Gasteiger partial charge in [-0.05, 0) is 19.8 Å². The van der Waals surface area contributed by atoms with Crippen LogP contribution in [0.2, 0.25) is 0 Å². The molecule has 1 aliphatic heterocycles. The van der Waals surface area contributed by atoms with Gasteiger partial charge in [-0.2, -0.15) is 0 Å². The molecule has 1 fully saturated rings. The zero-order valence-electron chi connectivity index (χ0n) is 8.84. The van der Waals surface area contributed by atoms with Crippen LogP contribution in [0, 0.1) is 5.92 Å². The van der Waals surface area contributed by atoms with Crippen LogP contribution in [0.4, 0.5) is 0 Å². The van der Waals surface area contributed by atoms with Crippen LogP contribution in [0.3, 0.4) is 0 Å². The second-order valence-electron chi connectivity index (χ2n) is 4.19. The Balaban J connectivity index is 2.68. The topological polar surface area (TPSA) is 20.3 Å². The van der Waals surface area contributed by atoms with Gasteiger partial charge in [0.2, 0.25) is 5.91 Å². The van der Waals surface area contributed by atoms with E-state index in [0.29, 0.717) is 6.04 Å². The van der Waals surface area contributed by atoms with Gasteiger partial charge in [0.05, 0.1) is 6.04 Å². The largest absolute Gasteiger partial charge is 0.336 e. The highest BCUT2D eigenvalue weighted by Gasteiger charge is 2.29. The van der Waals surface area contributed by atoms with E-state index in [-0.39, 0.29) is 11.8 Å². The predicted molar refractivity (Wildman–Crippen MR) is 54.4 cm³/mol. The predicted octanol–water partition coefficient (Wildman–Crippen LogP) is 2.21. The van der Waals surface area contributed by atoms with Crippen LogP contribution < -0.4 is 0 Å². The summed E-state index contributed by atoms with van der Waals surface area (Å²) in [6.07, 6.45) is 2.21. The first-order valence-electron chi connectivity index (χ1n) is 5.00. The third-order valence-electron chi connectivity index (χ3n) is 2.60. The molecule has 1 atom stereocenters. The Kier molecular flexibility index (Phi) is 3.12. The van der Waals surface area contributed by atoms with Crippen molar-refractivity contribution in [2.24, 2.45) is 5.92 Å². The fraction of sp³-hybridized carbons (Fsp3) is 0.727. The van der Waals surface area contributed by atoms with Crippen LogP contribution in [0.25, 0.3) is 0 Å². The van der Waals surface area contributed by atoms with Crippen LogP contribution in [0.5, 0.6) is 0 Å². The molecular weight excluding hydrogens is 162 g/mol. The number of hydrogen-bond donors (Lipinski definition) is 0. The highest BCUT2D eigenvalue weighted by molar-refractivity contribution is 5.79. The van der Waals surface area contributed by atoms with E-state index < -0.39 is 0 Å². The lowest BCUT2D eigenvalue weighted by Crippen LogP contribution is -2.38. The molecule has 74 valence electrons. The molecule has 0 aliphatic carbocycles. The number of nitrogens with zero attached hydrogens (tertiary/aromatic N) is 1. The average molecular weight is 181 g/mol. The van der Waals surface area contributed by atoms with Gasteiger partial charge in [0.15, 0.2) is 0 Å². The van der Waals surface area contributed by atoms with Gasteiger partial charge in [-0.1, -0.05) is 26.0 Å². The van der Waals surface area contributed by atoms with Crippen LogP contribution in [0.15, 0.2) is 12.2 Å². The van der Waals surface area contributed by atoms with Crippen molar-refractivity contribution in [1.82, 2.24) is 4.90 Å². The fourth-order valence-electron chi connectivity index (χ4n) is 1.87. The van der Waals surface area contributed by atoms with Crippen molar-refractivity contribution in [3.8, 4) is 0 Å². The van der Waals surface area contributed by atoms with Crippen molar-refractivity contribution >= 4 is 5.91 Å². The summed E-state index contributed by atoms with van der Waals surface area (Å²) in [6.45, 7) is 10.8. The maximum atomic E-state index is 11.7. The third kappa shape index (κ3) is 2.11. The maximum absolute atomic E-state index is 11.7. The number of hydrogen-bond acceptors (Lipinski definition) is 1. The van der Waals surface area contributed by atoms with Gasteiger partial charge in [0.1, 0.15) is 0 Å². The molecule has 0 spiro atoms. The van der Waals surface area contributed by atoms with Gasteiger partial charge in [-0.15, -0.1) is 0 Å². The lowest BCUT2D eigenvalue weighted by molar-refractivity contribution is -0.134. The van der Waals surface area contributed by atoms with Gasteiger partial charge < -0.3 is 4.90 Å². The smallest absolute Gasteiger partial charge is 0.225 e. The zero-order chi connectivity index (χ0) is 10.0. The first-order valence-corrected chi connectivity index (χ1v) is 5.00. The lowest BCUT2D eigenvalue weighted by atomic mass is 10.1. The van der Waals surface area contributed by atoms with Crippen molar-refractivity contribution in [3.05, 3.63) is 12.2 Å². The van der Waals surface area contributed by atoms with E-state index >= 15 is 0 Å². The van der Waals surface area contributed by atoms with Gasteiger partial charge in [0.25, 0.3) is 0 Å². The highest BCUT2D eigenvalue weighted by Crippen LogP contribution is 2.24. The van der Waals surface area contributed by atoms with E-state index in [2.05, 4.69) is 6.58 Å². The van der Waals surface area contributed by atoms with Crippen LogP contribution in [0.1, 0.15) is 33.6 Å². The van der Waals surface area contributed by atoms with E-state index in [1.54, 1.807) is 0 Å². The zero-order valence-corrected chi connectivity index (χ0v) is 8.84. The molecular formula is C11H19NO. The van der Waals surface area contributed by atoms with Crippen molar-refractivity contribution in [1.29, 1.82) is 0 Å². The molecule has 1 saturated heterocycles. The highest BCUT2D eigenvalue weighted by atomic mass is 16.2. The molecule has 0 radical (unpaired) electrons. The maximum Gasteiger partial charge on any atom is 0.225 e. The summed E-state index contributed by atoms with van der Waals surface area (Å²) in [6, 6.07) is 0.301. The monoisotopic (exact) mass is 181 g/mol. The number of rotatable bonds is 2. The Morgan fingerprint density at radius 3 is 2.62 bits per heavy atom. The lowest BCUT2D eigenvalue weighted by Gasteiger charge is -2.26. The summed E-state index contributed by atoms with van der Waals surface area (Å²) >= 11 is 0. The molecule has 0 aromatic carbocycles. The number of carbonyl (C=O) groups excluding carboxylic acids is 1. The van der Waals surface area contributed by atoms with Gasteiger partial charge >= 0.3 is 0 Å². The minimum absolute atomic E-state index is 0.111. The SMILES string of the molecule is C=C(C)C1CCCN1C(=O)C(C)C. The first kappa shape index (κ1) is 10.3. The van der Waals surface area contributed by atoms with Crippen LogP contribution in [-0.4, -0.2) is 23.4 Å². The van der Waals surface area contributed by atoms with Crippen molar-refractivity contribution in [2.75, 3.05) is 6.54 Å². The molecule has 0 bridgehead atoms. The molecule has 1 amide bonds. The molecule has 0 saturated carbocycles. The molecule has 1 rings (SSSR count). The summed E-state index contributed by atoms with van der Waals surface area (Å²) in [5, 5.41) is 0. The van der Waals surface area contributed by atoms with E-state index in [9.17, 15) is 4.79 Å². The van der Waals surface area contributed by atoms with E-state index in [4.69, 9.17) is 0 Å². The Morgan fingerprint density at radius 2 is 2.15 bits per heavy atom. The quantitative estimate of drug-likeness (QED) is 0.598. The third-order valence-corrected chi connectivity index (χ3v) is 2.60. The molecule has 0 N–H and O–H groups in total. The molecule has 2 heteroatoms. The molecule has 1 unspecified atom stereocenters. The number of amides is 1. The van der Waals surface area contributed by atoms with E-state index in [0.717, 1.165) is 25.0 Å². The summed E-state index contributed by atoms with van der Waals surface area (Å²) in [4.78, 5) is 13.7. The summed E-state index contributed by atoms with van der Waals surface area (Å²) in [5.74, 6) is 0.380. The van der Waals surface area contributed by atoms with Crippen LogP contribution >= 0.6 is 0 Å². The van der Waals surface area contributed by atoms with Gasteiger partial charge in [-0.25, -0.2) is 0 Å². The second kappa shape index (κ2) is 3.95. The van der Waals surface area contributed by atoms with E-state index in [1.807, 2.05) is 25.7 Å². The Hall–Kier alpha value is -0.790. The molecule has 0 aromatic rings. The Morgan fingerprint density at radius 1 is 1.54 bits per heavy atom. The van der Waals surface area contributed by atoms with E-state index in [1.165, 1.54) is 0 Å². The second-order valence-corrected chi connectivity index (χ2v) is 4.19. The standard InChI is InChI=1S/C11H19NO/c1-8(2)10-6-5-7-12(10)11(13)9(3)4/h9-10H,1,5-7H2,2-4H3. The minimum Gasteiger partial charge on any atom is -0.336 e.